The number of carbonyl (C=O) groups is 1. The second-order valence-corrected chi connectivity index (χ2v) is 6.92. The molecule has 0 spiro atoms. The first kappa shape index (κ1) is 18.6. The molecule has 1 N–H and O–H groups in total. The van der Waals surface area contributed by atoms with E-state index < -0.39 is 0 Å². The minimum Gasteiger partial charge on any atom is -0.355 e. The highest BCUT2D eigenvalue weighted by molar-refractivity contribution is 5.93. The van der Waals surface area contributed by atoms with Crippen molar-refractivity contribution in [1.82, 2.24) is 20.4 Å². The summed E-state index contributed by atoms with van der Waals surface area (Å²) >= 11 is 0. The van der Waals surface area contributed by atoms with Gasteiger partial charge in [0.25, 0.3) is 5.91 Å². The van der Waals surface area contributed by atoms with Gasteiger partial charge in [-0.05, 0) is 18.8 Å². The second-order valence-electron chi connectivity index (χ2n) is 6.92. The number of hydrogen-bond donors (Lipinski definition) is 1. The van der Waals surface area contributed by atoms with Crippen molar-refractivity contribution >= 4 is 11.7 Å². The van der Waals surface area contributed by atoms with Crippen molar-refractivity contribution < 1.29 is 9.32 Å². The van der Waals surface area contributed by atoms with Crippen LogP contribution in [-0.4, -0.2) is 40.7 Å². The molecule has 0 saturated carbocycles. The Morgan fingerprint density at radius 3 is 2.72 bits per heavy atom. The first-order valence-corrected chi connectivity index (χ1v) is 9.51. The van der Waals surface area contributed by atoms with Gasteiger partial charge < -0.3 is 14.7 Å². The molecule has 1 fully saturated rings. The maximum atomic E-state index is 12.4. The van der Waals surface area contributed by atoms with Crippen molar-refractivity contribution in [3.63, 3.8) is 0 Å². The molecule has 1 amide bonds. The van der Waals surface area contributed by atoms with Gasteiger partial charge in [-0.1, -0.05) is 35.5 Å². The second kappa shape index (κ2) is 8.52. The number of carbonyl (C=O) groups excluding carboxylic acids is 1. The quantitative estimate of drug-likeness (QED) is 0.716. The van der Waals surface area contributed by atoms with E-state index in [0.717, 1.165) is 31.5 Å². The monoisotopic (exact) mass is 388 g/mol. The van der Waals surface area contributed by atoms with Crippen molar-refractivity contribution in [2.24, 2.45) is 5.92 Å². The van der Waals surface area contributed by atoms with E-state index in [1.54, 1.807) is 12.3 Å². The highest BCUT2D eigenvalue weighted by atomic mass is 16.5. The van der Waals surface area contributed by atoms with Gasteiger partial charge in [-0.25, -0.2) is 9.97 Å². The molecule has 0 unspecified atom stereocenters. The summed E-state index contributed by atoms with van der Waals surface area (Å²) in [6.45, 7) is 2.12. The summed E-state index contributed by atoms with van der Waals surface area (Å²) in [7, 11) is 0. The van der Waals surface area contributed by atoms with Crippen molar-refractivity contribution in [3.8, 4) is 17.4 Å². The summed E-state index contributed by atoms with van der Waals surface area (Å²) in [5.41, 5.74) is 1.51. The average Bonchev–Trinajstić information content (AvgIpc) is 3.29. The molecule has 0 atom stereocenters. The zero-order valence-corrected chi connectivity index (χ0v) is 15.8. The van der Waals surface area contributed by atoms with Crippen LogP contribution in [0.3, 0.4) is 0 Å². The normalized spacial score (nSPS) is 14.4. The van der Waals surface area contributed by atoms with Crippen molar-refractivity contribution in [2.75, 3.05) is 24.5 Å². The molecule has 0 radical (unpaired) electrons. The zero-order chi connectivity index (χ0) is 20.1. The maximum Gasteiger partial charge on any atom is 0.273 e. The molecular weight excluding hydrogens is 368 g/mol. The fraction of sp³-hybridized carbons (Fsp3) is 0.286. The number of nitrogens with one attached hydrogen (secondary N) is 1. The fourth-order valence-corrected chi connectivity index (χ4v) is 3.44. The lowest BCUT2D eigenvalue weighted by Gasteiger charge is -2.32. The summed E-state index contributed by atoms with van der Waals surface area (Å²) in [6, 6.07) is 13.3. The largest absolute Gasteiger partial charge is 0.355 e. The smallest absolute Gasteiger partial charge is 0.273 e. The van der Waals surface area contributed by atoms with Crippen molar-refractivity contribution in [1.29, 1.82) is 5.26 Å². The lowest BCUT2D eigenvalue weighted by atomic mass is 9.96. The van der Waals surface area contributed by atoms with E-state index in [0.29, 0.717) is 29.7 Å². The number of anilines is 1. The Kier molecular flexibility index (Phi) is 5.47. The molecule has 146 valence electrons. The molecular formula is C21H20N6O2. The first-order valence-electron chi connectivity index (χ1n) is 9.51. The number of nitrogens with zero attached hydrogens (tertiary/aromatic N) is 5. The molecule has 8 heteroatoms. The molecule has 1 aromatic carbocycles. The van der Waals surface area contributed by atoms with Gasteiger partial charge in [0.2, 0.25) is 0 Å². The van der Waals surface area contributed by atoms with Crippen LogP contribution in [0.2, 0.25) is 0 Å². The molecule has 29 heavy (non-hydrogen) atoms. The predicted molar refractivity (Wildman–Crippen MR) is 106 cm³/mol. The third kappa shape index (κ3) is 4.24. The molecule has 1 saturated heterocycles. The van der Waals surface area contributed by atoms with Crippen LogP contribution in [-0.2, 0) is 0 Å². The lowest BCUT2D eigenvalue weighted by molar-refractivity contribution is 0.0936. The van der Waals surface area contributed by atoms with Gasteiger partial charge in [0.05, 0.1) is 0 Å². The molecule has 0 bridgehead atoms. The Bertz CT molecular complexity index is 1020. The van der Waals surface area contributed by atoms with E-state index in [1.165, 1.54) is 6.20 Å². The minimum atomic E-state index is -0.237. The van der Waals surface area contributed by atoms with E-state index in [9.17, 15) is 10.1 Å². The Morgan fingerprint density at radius 1 is 1.21 bits per heavy atom. The Labute approximate surface area is 168 Å². The highest BCUT2D eigenvalue weighted by Gasteiger charge is 2.23. The summed E-state index contributed by atoms with van der Waals surface area (Å²) in [5, 5.41) is 16.0. The summed E-state index contributed by atoms with van der Waals surface area (Å²) in [4.78, 5) is 22.8. The topological polar surface area (TPSA) is 108 Å². The van der Waals surface area contributed by atoms with E-state index >= 15 is 0 Å². The molecule has 1 aliphatic rings. The standard InChI is InChI=1S/C21H20N6O2/c22-13-18-20(24-9-8-23-18)27-10-6-15(7-11-27)14-25-21(28)17-12-19(29-26-17)16-4-2-1-3-5-16/h1-5,8-9,12,15H,6-7,10-11,14H2,(H,25,28). The van der Waals surface area contributed by atoms with E-state index in [2.05, 4.69) is 31.4 Å². The fourth-order valence-electron chi connectivity index (χ4n) is 3.44. The molecule has 3 heterocycles. The Balaban J connectivity index is 1.29. The Morgan fingerprint density at radius 2 is 1.97 bits per heavy atom. The summed E-state index contributed by atoms with van der Waals surface area (Å²) < 4.78 is 5.29. The highest BCUT2D eigenvalue weighted by Crippen LogP contribution is 2.23. The van der Waals surface area contributed by atoms with Crippen molar-refractivity contribution in [2.45, 2.75) is 12.8 Å². The maximum absolute atomic E-state index is 12.4. The number of amides is 1. The predicted octanol–water partition coefficient (Wildman–Crippen LogP) is 2.65. The zero-order valence-electron chi connectivity index (χ0n) is 15.8. The van der Waals surface area contributed by atoms with E-state index in [1.807, 2.05) is 30.3 Å². The van der Waals surface area contributed by atoms with Gasteiger partial charge in [0.1, 0.15) is 6.07 Å². The van der Waals surface area contributed by atoms with Crippen LogP contribution in [0.4, 0.5) is 5.82 Å². The number of benzene rings is 1. The Hall–Kier alpha value is -3.73. The van der Waals surface area contributed by atoms with Crippen LogP contribution in [0.15, 0.2) is 53.3 Å². The number of aromatic nitrogens is 3. The molecule has 1 aliphatic heterocycles. The van der Waals surface area contributed by atoms with Gasteiger partial charge >= 0.3 is 0 Å². The van der Waals surface area contributed by atoms with Gasteiger partial charge in [0, 0.05) is 43.7 Å². The van der Waals surface area contributed by atoms with Gasteiger partial charge in [-0.15, -0.1) is 0 Å². The molecule has 0 aliphatic carbocycles. The minimum absolute atomic E-state index is 0.237. The third-order valence-electron chi connectivity index (χ3n) is 5.05. The third-order valence-corrected chi connectivity index (χ3v) is 5.05. The lowest BCUT2D eigenvalue weighted by Crippen LogP contribution is -2.39. The molecule has 2 aromatic heterocycles. The summed E-state index contributed by atoms with van der Waals surface area (Å²) in [6.07, 6.45) is 4.92. The van der Waals surface area contributed by atoms with Crippen molar-refractivity contribution in [3.05, 3.63) is 60.2 Å². The van der Waals surface area contributed by atoms with Gasteiger partial charge in [-0.2, -0.15) is 5.26 Å². The van der Waals surface area contributed by atoms with Gasteiger partial charge in [-0.3, -0.25) is 4.79 Å². The number of hydrogen-bond acceptors (Lipinski definition) is 7. The number of nitriles is 1. The van der Waals surface area contributed by atoms with Crippen LogP contribution in [0.5, 0.6) is 0 Å². The molecule has 4 rings (SSSR count). The van der Waals surface area contributed by atoms with Crippen LogP contribution in [0.25, 0.3) is 11.3 Å². The SMILES string of the molecule is N#Cc1nccnc1N1CCC(CNC(=O)c2cc(-c3ccccc3)on2)CC1. The van der Waals surface area contributed by atoms with Crippen LogP contribution >= 0.6 is 0 Å². The van der Waals surface area contributed by atoms with Gasteiger partial charge in [0.15, 0.2) is 23.0 Å². The van der Waals surface area contributed by atoms with E-state index in [-0.39, 0.29) is 11.6 Å². The molecule has 8 nitrogen and oxygen atoms in total. The summed E-state index contributed by atoms with van der Waals surface area (Å²) in [5.74, 6) is 1.33. The van der Waals surface area contributed by atoms with E-state index in [4.69, 9.17) is 4.52 Å². The molecule has 3 aromatic rings. The first-order chi connectivity index (χ1) is 14.2. The van der Waals surface area contributed by atoms with Crippen LogP contribution in [0, 0.1) is 17.2 Å². The average molecular weight is 388 g/mol. The van der Waals surface area contributed by atoms with Crippen LogP contribution in [0.1, 0.15) is 29.0 Å². The number of rotatable bonds is 5. The van der Waals surface area contributed by atoms with Crippen LogP contribution < -0.4 is 10.2 Å². The number of piperidine rings is 1.